The maximum absolute atomic E-state index is 11.6. The SMILES string of the molecule is COc1cc(Br)c(CN2CCOC2=O)cc1OCc1ccccc1. The van der Waals surface area contributed by atoms with Gasteiger partial charge in [-0.25, -0.2) is 4.79 Å². The largest absolute Gasteiger partial charge is 0.493 e. The Morgan fingerprint density at radius 1 is 1.21 bits per heavy atom. The van der Waals surface area contributed by atoms with Gasteiger partial charge in [-0.15, -0.1) is 0 Å². The highest BCUT2D eigenvalue weighted by Crippen LogP contribution is 2.35. The van der Waals surface area contributed by atoms with Crippen molar-refractivity contribution in [1.29, 1.82) is 0 Å². The predicted octanol–water partition coefficient (Wildman–Crippen LogP) is 3.99. The highest BCUT2D eigenvalue weighted by Gasteiger charge is 2.23. The Hall–Kier alpha value is -2.21. The minimum Gasteiger partial charge on any atom is -0.493 e. The van der Waals surface area contributed by atoms with Crippen molar-refractivity contribution in [2.75, 3.05) is 20.3 Å². The summed E-state index contributed by atoms with van der Waals surface area (Å²) in [5.41, 5.74) is 2.02. The van der Waals surface area contributed by atoms with Crippen LogP contribution >= 0.6 is 15.9 Å². The monoisotopic (exact) mass is 391 g/mol. The molecule has 0 N–H and O–H groups in total. The lowest BCUT2D eigenvalue weighted by Gasteiger charge is -2.17. The molecule has 0 aliphatic carbocycles. The molecule has 0 unspecified atom stereocenters. The van der Waals surface area contributed by atoms with E-state index in [1.165, 1.54) is 0 Å². The normalized spacial score (nSPS) is 13.8. The summed E-state index contributed by atoms with van der Waals surface area (Å²) in [6.07, 6.45) is -0.288. The molecular weight excluding hydrogens is 374 g/mol. The summed E-state index contributed by atoms with van der Waals surface area (Å²) < 4.78 is 17.2. The Morgan fingerprint density at radius 3 is 2.67 bits per heavy atom. The van der Waals surface area contributed by atoms with Gasteiger partial charge in [0.25, 0.3) is 0 Å². The molecule has 1 aliphatic heterocycles. The van der Waals surface area contributed by atoms with Crippen molar-refractivity contribution >= 4 is 22.0 Å². The molecule has 0 radical (unpaired) electrons. The van der Waals surface area contributed by atoms with E-state index >= 15 is 0 Å². The maximum atomic E-state index is 11.6. The van der Waals surface area contributed by atoms with Gasteiger partial charge in [-0.2, -0.15) is 0 Å². The summed E-state index contributed by atoms with van der Waals surface area (Å²) in [5, 5.41) is 0. The van der Waals surface area contributed by atoms with Crippen LogP contribution in [0.4, 0.5) is 4.79 Å². The highest BCUT2D eigenvalue weighted by atomic mass is 79.9. The van der Waals surface area contributed by atoms with Crippen molar-refractivity contribution in [1.82, 2.24) is 4.90 Å². The van der Waals surface area contributed by atoms with Crippen molar-refractivity contribution in [3.63, 3.8) is 0 Å². The fraction of sp³-hybridized carbons (Fsp3) is 0.278. The third kappa shape index (κ3) is 3.82. The van der Waals surface area contributed by atoms with Crippen LogP contribution in [0, 0.1) is 0 Å². The van der Waals surface area contributed by atoms with Crippen LogP contribution in [0.15, 0.2) is 46.9 Å². The molecule has 1 amide bonds. The van der Waals surface area contributed by atoms with Crippen LogP contribution in [0.5, 0.6) is 11.5 Å². The van der Waals surface area contributed by atoms with E-state index in [0.29, 0.717) is 37.8 Å². The van der Waals surface area contributed by atoms with Crippen LogP contribution in [0.3, 0.4) is 0 Å². The third-order valence-electron chi connectivity index (χ3n) is 3.78. The Labute approximate surface area is 149 Å². The number of halogens is 1. The number of carbonyl (C=O) groups is 1. The summed E-state index contributed by atoms with van der Waals surface area (Å²) in [6.45, 7) is 1.94. The lowest BCUT2D eigenvalue weighted by molar-refractivity contribution is 0.157. The van der Waals surface area contributed by atoms with Gasteiger partial charge in [0, 0.05) is 4.47 Å². The molecule has 1 heterocycles. The zero-order valence-corrected chi connectivity index (χ0v) is 14.9. The van der Waals surface area contributed by atoms with E-state index in [1.807, 2.05) is 42.5 Å². The molecule has 1 aliphatic rings. The number of hydrogen-bond acceptors (Lipinski definition) is 4. The molecule has 0 bridgehead atoms. The number of cyclic esters (lactones) is 1. The van der Waals surface area contributed by atoms with Gasteiger partial charge in [-0.1, -0.05) is 46.3 Å². The molecule has 0 saturated carbocycles. The van der Waals surface area contributed by atoms with E-state index in [0.717, 1.165) is 15.6 Å². The van der Waals surface area contributed by atoms with Crippen LogP contribution in [0.2, 0.25) is 0 Å². The molecule has 24 heavy (non-hydrogen) atoms. The van der Waals surface area contributed by atoms with Gasteiger partial charge in [0.1, 0.15) is 13.2 Å². The molecule has 5 nitrogen and oxygen atoms in total. The first-order chi connectivity index (χ1) is 11.7. The highest BCUT2D eigenvalue weighted by molar-refractivity contribution is 9.10. The first-order valence-corrected chi connectivity index (χ1v) is 8.41. The summed E-state index contributed by atoms with van der Waals surface area (Å²) in [4.78, 5) is 13.3. The lowest BCUT2D eigenvalue weighted by atomic mass is 10.2. The lowest BCUT2D eigenvalue weighted by Crippen LogP contribution is -2.23. The van der Waals surface area contributed by atoms with Crippen molar-refractivity contribution < 1.29 is 19.0 Å². The first-order valence-electron chi connectivity index (χ1n) is 7.62. The average molecular weight is 392 g/mol. The number of hydrogen-bond donors (Lipinski definition) is 0. The van der Waals surface area contributed by atoms with E-state index < -0.39 is 0 Å². The quantitative estimate of drug-likeness (QED) is 0.746. The number of rotatable bonds is 6. The number of benzene rings is 2. The van der Waals surface area contributed by atoms with Crippen molar-refractivity contribution in [3.8, 4) is 11.5 Å². The number of nitrogens with zero attached hydrogens (tertiary/aromatic N) is 1. The topological polar surface area (TPSA) is 48.0 Å². The Balaban J connectivity index is 1.79. The fourth-order valence-electron chi connectivity index (χ4n) is 2.48. The molecular formula is C18H18BrNO4. The standard InChI is InChI=1S/C18H18BrNO4/c1-22-16-10-15(19)14(11-20-7-8-23-18(20)21)9-17(16)24-12-13-5-3-2-4-6-13/h2-6,9-10H,7-8,11-12H2,1H3. The molecule has 3 rings (SSSR count). The van der Waals surface area contributed by atoms with Gasteiger partial charge in [0.2, 0.25) is 0 Å². The second kappa shape index (κ2) is 7.57. The van der Waals surface area contributed by atoms with Gasteiger partial charge in [0.15, 0.2) is 11.5 Å². The summed E-state index contributed by atoms with van der Waals surface area (Å²) >= 11 is 3.53. The van der Waals surface area contributed by atoms with Crippen molar-refractivity contribution in [2.45, 2.75) is 13.2 Å². The minimum absolute atomic E-state index is 0.288. The van der Waals surface area contributed by atoms with Crippen LogP contribution < -0.4 is 9.47 Å². The van der Waals surface area contributed by atoms with Gasteiger partial charge in [0.05, 0.1) is 20.2 Å². The Bertz CT molecular complexity index is 720. The van der Waals surface area contributed by atoms with Gasteiger partial charge in [-0.05, 0) is 23.3 Å². The van der Waals surface area contributed by atoms with Gasteiger partial charge in [-0.3, -0.25) is 0 Å². The van der Waals surface area contributed by atoms with Crippen LogP contribution in [0.1, 0.15) is 11.1 Å². The second-order valence-corrected chi connectivity index (χ2v) is 6.26. The minimum atomic E-state index is -0.288. The number of carbonyl (C=O) groups excluding carboxylic acids is 1. The molecule has 0 spiro atoms. The van der Waals surface area contributed by atoms with Gasteiger partial charge >= 0.3 is 6.09 Å². The van der Waals surface area contributed by atoms with Gasteiger partial charge < -0.3 is 19.1 Å². The van der Waals surface area contributed by atoms with Crippen LogP contribution in [-0.4, -0.2) is 31.3 Å². The number of methoxy groups -OCH3 is 1. The fourth-order valence-corrected chi connectivity index (χ4v) is 2.93. The average Bonchev–Trinajstić information content (AvgIpc) is 3.01. The zero-order valence-electron chi connectivity index (χ0n) is 13.3. The van der Waals surface area contributed by atoms with E-state index in [-0.39, 0.29) is 6.09 Å². The summed E-state index contributed by atoms with van der Waals surface area (Å²) in [7, 11) is 1.61. The molecule has 2 aromatic rings. The molecule has 0 aromatic heterocycles. The molecule has 1 fully saturated rings. The molecule has 6 heteroatoms. The van der Waals surface area contributed by atoms with Crippen LogP contribution in [-0.2, 0) is 17.9 Å². The van der Waals surface area contributed by atoms with E-state index in [4.69, 9.17) is 14.2 Å². The summed E-state index contributed by atoms with van der Waals surface area (Å²) in [6, 6.07) is 13.7. The molecule has 2 aromatic carbocycles. The van der Waals surface area contributed by atoms with E-state index in [9.17, 15) is 4.79 Å². The van der Waals surface area contributed by atoms with Crippen molar-refractivity contribution in [3.05, 3.63) is 58.1 Å². The third-order valence-corrected chi connectivity index (χ3v) is 4.51. The number of amides is 1. The van der Waals surface area contributed by atoms with Crippen molar-refractivity contribution in [2.24, 2.45) is 0 Å². The van der Waals surface area contributed by atoms with E-state index in [1.54, 1.807) is 12.0 Å². The molecule has 126 valence electrons. The summed E-state index contributed by atoms with van der Waals surface area (Å²) in [5.74, 6) is 1.29. The predicted molar refractivity (Wildman–Crippen MR) is 93.2 cm³/mol. The smallest absolute Gasteiger partial charge is 0.410 e. The zero-order chi connectivity index (χ0) is 16.9. The van der Waals surface area contributed by atoms with E-state index in [2.05, 4.69) is 15.9 Å². The second-order valence-electron chi connectivity index (χ2n) is 5.40. The Kier molecular flexibility index (Phi) is 5.25. The number of ether oxygens (including phenoxy) is 3. The maximum Gasteiger partial charge on any atom is 0.410 e. The Morgan fingerprint density at radius 2 is 2.00 bits per heavy atom. The first kappa shape index (κ1) is 16.6. The van der Waals surface area contributed by atoms with Crippen LogP contribution in [0.25, 0.3) is 0 Å². The molecule has 0 atom stereocenters. The molecule has 1 saturated heterocycles.